The van der Waals surface area contributed by atoms with E-state index in [-0.39, 0.29) is 85.7 Å². The largest absolute Gasteiger partial charge is 0.541 e. The molecule has 2 aromatic heterocycles. The van der Waals surface area contributed by atoms with Gasteiger partial charge in [-0.05, 0) is 92.9 Å². The van der Waals surface area contributed by atoms with Crippen molar-refractivity contribution < 1.29 is 54.0 Å². The summed E-state index contributed by atoms with van der Waals surface area (Å²) < 4.78 is 94.6. The SMILES string of the molecule is CC(C)[Si](Oc1c2c(c(N(C)S(C)(=O)=O)c3cccnc13)C(=O)N(Cc1ccc(F)cc1)C2=O)(C(C)C)C(C)C.CC(C)[Si](Oc1c2c(c(N(C)S(C)(=O)=O)c3cccnc13)C(=O)N(Cc1ccc(F)cc1)C2O)(C(C)C)C(C)C. The maximum Gasteiger partial charge on any atom is 0.265 e. The first-order chi connectivity index (χ1) is 37.2. The number of hydrogen-bond donors (Lipinski definition) is 1. The number of sulfonamides is 2. The van der Waals surface area contributed by atoms with Gasteiger partial charge in [-0.2, -0.15) is 0 Å². The molecule has 6 aromatic rings. The van der Waals surface area contributed by atoms with Gasteiger partial charge in [0.15, 0.2) is 6.23 Å². The molecule has 1 atom stereocenters. The molecule has 0 saturated heterocycles. The predicted molar refractivity (Wildman–Crippen MR) is 315 cm³/mol. The van der Waals surface area contributed by atoms with Crippen molar-refractivity contribution in [2.45, 2.75) is 136 Å². The molecule has 0 radical (unpaired) electrons. The topological polar surface area (TPSA) is 197 Å². The van der Waals surface area contributed by atoms with Crippen LogP contribution in [-0.4, -0.2) is 103 Å². The number of nitrogens with zero attached hydrogens (tertiary/aromatic N) is 6. The first-order valence-electron chi connectivity index (χ1n) is 26.7. The zero-order valence-electron chi connectivity index (χ0n) is 48.4. The standard InChI is InChI=1S/C29H38FN3O5SSi.C29H36FN3O5SSi/c2*1-17(2)40(18(3)4,19(5)6)38-27-24-23(26(32(7)39(8,36)37)22-10-9-15-31-25(22)27)28(34)33(29(24)35)16-20-11-13-21(30)14-12-20/h9-15,17-19,29,35H,16H2,1-8H3;9-15,17-19H,16H2,1-8H3. The number of pyridine rings is 2. The van der Waals surface area contributed by atoms with E-state index in [4.69, 9.17) is 8.85 Å². The molecule has 0 bridgehead atoms. The molecule has 1 unspecified atom stereocenters. The molecule has 0 fully saturated rings. The number of halogens is 2. The molecular weight excluding hydrogens is 1100 g/mol. The zero-order chi connectivity index (χ0) is 59.5. The summed E-state index contributed by atoms with van der Waals surface area (Å²) in [6, 6.07) is 18.0. The molecule has 0 aliphatic carbocycles. The third kappa shape index (κ3) is 10.8. The number of rotatable bonds is 18. The Labute approximate surface area is 471 Å². The van der Waals surface area contributed by atoms with E-state index >= 15 is 0 Å². The van der Waals surface area contributed by atoms with Crippen molar-refractivity contribution in [1.29, 1.82) is 0 Å². The molecule has 4 heterocycles. The lowest BCUT2D eigenvalue weighted by Crippen LogP contribution is -2.51. The van der Waals surface area contributed by atoms with Crippen molar-refractivity contribution >= 4 is 87.6 Å². The van der Waals surface area contributed by atoms with Gasteiger partial charge in [0.05, 0.1) is 52.7 Å². The van der Waals surface area contributed by atoms with Gasteiger partial charge in [-0.25, -0.2) is 25.6 Å². The highest BCUT2D eigenvalue weighted by molar-refractivity contribution is 7.92. The van der Waals surface area contributed by atoms with Crippen LogP contribution in [0.25, 0.3) is 21.8 Å². The van der Waals surface area contributed by atoms with Crippen molar-refractivity contribution in [3.8, 4) is 11.5 Å². The van der Waals surface area contributed by atoms with E-state index in [0.29, 0.717) is 38.7 Å². The summed E-state index contributed by atoms with van der Waals surface area (Å²) in [7, 11) is -10.2. The number of imide groups is 1. The lowest BCUT2D eigenvalue weighted by Gasteiger charge is -2.43. The van der Waals surface area contributed by atoms with Crippen LogP contribution in [0.2, 0.25) is 33.2 Å². The van der Waals surface area contributed by atoms with Gasteiger partial charge < -0.3 is 18.9 Å². The highest BCUT2D eigenvalue weighted by Gasteiger charge is 2.53. The number of benzene rings is 4. The zero-order valence-corrected chi connectivity index (χ0v) is 52.0. The van der Waals surface area contributed by atoms with Crippen LogP contribution in [-0.2, 0) is 33.1 Å². The molecule has 2 aliphatic rings. The highest BCUT2D eigenvalue weighted by atomic mass is 32.2. The second-order valence-electron chi connectivity index (χ2n) is 22.7. The van der Waals surface area contributed by atoms with Crippen LogP contribution in [0.3, 0.4) is 0 Å². The number of fused-ring (bicyclic) bond motifs is 4. The van der Waals surface area contributed by atoms with Crippen molar-refractivity contribution in [3.05, 3.63) is 130 Å². The molecule has 4 aromatic carbocycles. The van der Waals surface area contributed by atoms with Gasteiger partial charge in [0.2, 0.25) is 20.0 Å². The molecule has 2 aliphatic heterocycles. The van der Waals surface area contributed by atoms with Crippen LogP contribution in [0, 0.1) is 11.6 Å². The lowest BCUT2D eigenvalue weighted by atomic mass is 10.0. The number of aliphatic hydroxyl groups excluding tert-OH is 1. The van der Waals surface area contributed by atoms with Crippen LogP contribution in [0.15, 0.2) is 85.2 Å². The Bertz CT molecular complexity index is 3560. The van der Waals surface area contributed by atoms with Gasteiger partial charge in [-0.1, -0.05) is 107 Å². The lowest BCUT2D eigenvalue weighted by molar-refractivity contribution is 0.0131. The van der Waals surface area contributed by atoms with Crippen molar-refractivity contribution in [2.75, 3.05) is 35.2 Å². The Kier molecular flexibility index (Phi) is 17.5. The van der Waals surface area contributed by atoms with E-state index < -0.39 is 72.3 Å². The summed E-state index contributed by atoms with van der Waals surface area (Å²) in [5, 5.41) is 12.6. The van der Waals surface area contributed by atoms with Gasteiger partial charge in [-0.15, -0.1) is 0 Å². The number of anilines is 2. The molecule has 16 nitrogen and oxygen atoms in total. The highest BCUT2D eigenvalue weighted by Crippen LogP contribution is 2.54. The number of amides is 3. The predicted octanol–water partition coefficient (Wildman–Crippen LogP) is 12.1. The summed E-state index contributed by atoms with van der Waals surface area (Å²) in [5.41, 5.74) is 3.39. The maximum absolute atomic E-state index is 14.1. The summed E-state index contributed by atoms with van der Waals surface area (Å²) in [6.45, 7) is 25.4. The van der Waals surface area contributed by atoms with Gasteiger partial charge in [0.1, 0.15) is 34.2 Å². The summed E-state index contributed by atoms with van der Waals surface area (Å²) in [4.78, 5) is 53.8. The van der Waals surface area contributed by atoms with E-state index in [1.807, 2.05) is 0 Å². The van der Waals surface area contributed by atoms with Crippen LogP contribution >= 0.6 is 0 Å². The molecule has 0 saturated carbocycles. The van der Waals surface area contributed by atoms with Gasteiger partial charge in [0.25, 0.3) is 34.4 Å². The van der Waals surface area contributed by atoms with Crippen LogP contribution < -0.4 is 17.5 Å². The van der Waals surface area contributed by atoms with Crippen molar-refractivity contribution in [1.82, 2.24) is 19.8 Å². The molecular formula is C58H74F2N6O10S2Si2. The van der Waals surface area contributed by atoms with Crippen LogP contribution in [0.1, 0.15) is 137 Å². The number of hydrogen-bond acceptors (Lipinski definition) is 12. The van der Waals surface area contributed by atoms with Gasteiger partial charge in [0, 0.05) is 43.8 Å². The van der Waals surface area contributed by atoms with E-state index in [2.05, 4.69) is 93.1 Å². The Morgan fingerprint density at radius 3 is 1.31 bits per heavy atom. The Hall–Kier alpha value is -6.34. The maximum atomic E-state index is 14.1. The van der Waals surface area contributed by atoms with Crippen LogP contribution in [0.5, 0.6) is 11.5 Å². The fourth-order valence-corrected chi connectivity index (χ4v) is 23.9. The van der Waals surface area contributed by atoms with E-state index in [0.717, 1.165) is 26.0 Å². The quantitative estimate of drug-likeness (QED) is 0.0632. The first-order valence-corrected chi connectivity index (χ1v) is 34.7. The monoisotopic (exact) mass is 1170 g/mol. The molecule has 22 heteroatoms. The number of aromatic nitrogens is 2. The average Bonchev–Trinajstić information content (AvgIpc) is 3.80. The minimum Gasteiger partial charge on any atom is -0.541 e. The number of aliphatic hydroxyl groups is 1. The summed E-state index contributed by atoms with van der Waals surface area (Å²) >= 11 is 0. The van der Waals surface area contributed by atoms with Crippen molar-refractivity contribution in [3.63, 3.8) is 0 Å². The van der Waals surface area contributed by atoms with E-state index in [1.54, 1.807) is 48.8 Å². The fourth-order valence-electron chi connectivity index (χ4n) is 12.3. The first kappa shape index (κ1) is 61.3. The normalized spacial score (nSPS) is 15.1. The van der Waals surface area contributed by atoms with Gasteiger partial charge >= 0.3 is 0 Å². The third-order valence-corrected chi connectivity index (χ3v) is 30.4. The van der Waals surface area contributed by atoms with Crippen molar-refractivity contribution in [2.24, 2.45) is 0 Å². The Balaban J connectivity index is 0.000000231. The second-order valence-corrected chi connectivity index (χ2v) is 37.5. The minimum absolute atomic E-state index is 0.0126. The van der Waals surface area contributed by atoms with E-state index in [9.17, 15) is 45.1 Å². The fraction of sp³-hybridized carbons (Fsp3) is 0.431. The molecule has 3 amide bonds. The summed E-state index contributed by atoms with van der Waals surface area (Å²) in [6.07, 6.45) is 3.82. The van der Waals surface area contributed by atoms with Crippen LogP contribution in [0.4, 0.5) is 20.2 Å². The Morgan fingerprint density at radius 1 is 0.550 bits per heavy atom. The number of carbonyl (C=O) groups excluding carboxylic acids is 3. The second kappa shape index (κ2) is 22.9. The van der Waals surface area contributed by atoms with Gasteiger partial charge in [-0.3, -0.25) is 37.9 Å². The molecule has 80 heavy (non-hydrogen) atoms. The number of carbonyl (C=O) groups is 3. The summed E-state index contributed by atoms with van der Waals surface area (Å²) in [5.74, 6) is -2.10. The van der Waals surface area contributed by atoms with E-state index in [1.165, 1.54) is 55.4 Å². The molecule has 0 spiro atoms. The molecule has 8 rings (SSSR count). The third-order valence-electron chi connectivity index (χ3n) is 16.1. The Morgan fingerprint density at radius 2 is 0.912 bits per heavy atom. The molecule has 430 valence electrons. The minimum atomic E-state index is -3.83. The average molecular weight is 1170 g/mol. The smallest absolute Gasteiger partial charge is 0.265 e. The molecule has 1 N–H and O–H groups in total.